The standard InChI is InChI=1S/C6H7Cl/c1-2-6(7)5-3-4-5/h1,5-6H,3-4H2. The molecule has 1 saturated carbocycles. The van der Waals surface area contributed by atoms with E-state index in [4.69, 9.17) is 18.0 Å². The fraction of sp³-hybridized carbons (Fsp3) is 0.667. The van der Waals surface area contributed by atoms with Crippen LogP contribution in [0.5, 0.6) is 0 Å². The Morgan fingerprint density at radius 2 is 2.29 bits per heavy atom. The molecular weight excluding hydrogens is 108 g/mol. The summed E-state index contributed by atoms with van der Waals surface area (Å²) >= 11 is 5.63. The van der Waals surface area contributed by atoms with Gasteiger partial charge in [-0.25, -0.2) is 0 Å². The van der Waals surface area contributed by atoms with E-state index in [9.17, 15) is 0 Å². The molecule has 1 unspecified atom stereocenters. The van der Waals surface area contributed by atoms with Gasteiger partial charge in [-0.15, -0.1) is 18.0 Å². The van der Waals surface area contributed by atoms with Crippen molar-refractivity contribution in [3.8, 4) is 12.3 Å². The van der Waals surface area contributed by atoms with Crippen molar-refractivity contribution in [2.75, 3.05) is 0 Å². The van der Waals surface area contributed by atoms with Crippen LogP contribution in [0, 0.1) is 18.3 Å². The highest BCUT2D eigenvalue weighted by atomic mass is 35.5. The third-order valence-corrected chi connectivity index (χ3v) is 1.68. The summed E-state index contributed by atoms with van der Waals surface area (Å²) in [6.45, 7) is 0. The largest absolute Gasteiger partial charge is 0.119 e. The van der Waals surface area contributed by atoms with Gasteiger partial charge in [-0.3, -0.25) is 0 Å². The van der Waals surface area contributed by atoms with Crippen molar-refractivity contribution < 1.29 is 0 Å². The lowest BCUT2D eigenvalue weighted by Gasteiger charge is -1.91. The summed E-state index contributed by atoms with van der Waals surface area (Å²) in [6, 6.07) is 0. The SMILES string of the molecule is C#CC(Cl)C1CC1. The van der Waals surface area contributed by atoms with Gasteiger partial charge in [-0.2, -0.15) is 0 Å². The Morgan fingerprint density at radius 3 is 2.43 bits per heavy atom. The second-order valence-corrected chi connectivity index (χ2v) is 2.38. The molecule has 0 saturated heterocycles. The van der Waals surface area contributed by atoms with Crippen molar-refractivity contribution in [3.63, 3.8) is 0 Å². The number of hydrogen-bond acceptors (Lipinski definition) is 0. The van der Waals surface area contributed by atoms with Gasteiger partial charge < -0.3 is 0 Å². The van der Waals surface area contributed by atoms with E-state index in [1.807, 2.05) is 0 Å². The number of hydrogen-bond donors (Lipinski definition) is 0. The van der Waals surface area contributed by atoms with Gasteiger partial charge in [0, 0.05) is 0 Å². The lowest BCUT2D eigenvalue weighted by molar-refractivity contribution is 0.893. The van der Waals surface area contributed by atoms with Crippen LogP contribution in [0.2, 0.25) is 0 Å². The normalized spacial score (nSPS) is 23.4. The molecule has 0 spiro atoms. The summed E-state index contributed by atoms with van der Waals surface area (Å²) in [7, 11) is 0. The molecule has 1 fully saturated rings. The molecule has 0 aromatic rings. The van der Waals surface area contributed by atoms with E-state index >= 15 is 0 Å². The van der Waals surface area contributed by atoms with Crippen LogP contribution in [-0.4, -0.2) is 5.38 Å². The fourth-order valence-corrected chi connectivity index (χ4v) is 0.777. The molecule has 38 valence electrons. The maximum Gasteiger partial charge on any atom is 0.0968 e. The van der Waals surface area contributed by atoms with E-state index < -0.39 is 0 Å². The molecule has 1 aliphatic carbocycles. The van der Waals surface area contributed by atoms with Crippen molar-refractivity contribution in [1.82, 2.24) is 0 Å². The first-order valence-corrected chi connectivity index (χ1v) is 2.88. The zero-order chi connectivity index (χ0) is 5.28. The molecule has 1 aliphatic rings. The second kappa shape index (κ2) is 1.76. The predicted molar refractivity (Wildman–Crippen MR) is 31.2 cm³/mol. The molecular formula is C6H7Cl. The minimum atomic E-state index is 0.0139. The van der Waals surface area contributed by atoms with E-state index in [0.717, 1.165) is 0 Å². The summed E-state index contributed by atoms with van der Waals surface area (Å²) in [6.07, 6.45) is 7.50. The van der Waals surface area contributed by atoms with Crippen LogP contribution in [0.1, 0.15) is 12.8 Å². The van der Waals surface area contributed by atoms with Gasteiger partial charge in [0.15, 0.2) is 0 Å². The first-order chi connectivity index (χ1) is 3.34. The van der Waals surface area contributed by atoms with Gasteiger partial charge in [0.1, 0.15) is 0 Å². The summed E-state index contributed by atoms with van der Waals surface area (Å²) in [4.78, 5) is 0. The zero-order valence-electron chi connectivity index (χ0n) is 4.02. The molecule has 0 aromatic carbocycles. The Hall–Kier alpha value is -0.150. The first kappa shape index (κ1) is 5.00. The maximum absolute atomic E-state index is 5.63. The van der Waals surface area contributed by atoms with E-state index in [2.05, 4.69) is 5.92 Å². The Balaban J connectivity index is 2.27. The highest BCUT2D eigenvalue weighted by Gasteiger charge is 2.27. The highest BCUT2D eigenvalue weighted by Crippen LogP contribution is 2.34. The number of halogens is 1. The summed E-state index contributed by atoms with van der Waals surface area (Å²) in [5.41, 5.74) is 0. The molecule has 0 aliphatic heterocycles. The van der Waals surface area contributed by atoms with Gasteiger partial charge in [-0.1, -0.05) is 5.92 Å². The second-order valence-electron chi connectivity index (χ2n) is 1.91. The van der Waals surface area contributed by atoms with E-state index in [1.165, 1.54) is 12.8 Å². The summed E-state index contributed by atoms with van der Waals surface area (Å²) < 4.78 is 0. The lowest BCUT2D eigenvalue weighted by atomic mass is 10.3. The molecule has 0 bridgehead atoms. The average molecular weight is 115 g/mol. The molecule has 0 aromatic heterocycles. The average Bonchev–Trinajstić information content (AvgIpc) is 2.44. The van der Waals surface area contributed by atoms with Crippen molar-refractivity contribution in [2.24, 2.45) is 5.92 Å². The number of alkyl halides is 1. The fourth-order valence-electron chi connectivity index (χ4n) is 0.525. The van der Waals surface area contributed by atoms with E-state index in [1.54, 1.807) is 0 Å². The lowest BCUT2D eigenvalue weighted by Crippen LogP contribution is -1.93. The molecule has 0 amide bonds. The maximum atomic E-state index is 5.63. The van der Waals surface area contributed by atoms with Crippen molar-refractivity contribution in [1.29, 1.82) is 0 Å². The number of rotatable bonds is 1. The van der Waals surface area contributed by atoms with Crippen LogP contribution in [0.4, 0.5) is 0 Å². The molecule has 0 heterocycles. The van der Waals surface area contributed by atoms with Crippen LogP contribution in [0.15, 0.2) is 0 Å². The van der Waals surface area contributed by atoms with Crippen molar-refractivity contribution in [3.05, 3.63) is 0 Å². The zero-order valence-corrected chi connectivity index (χ0v) is 4.78. The molecule has 1 atom stereocenters. The molecule has 0 nitrogen and oxygen atoms in total. The monoisotopic (exact) mass is 114 g/mol. The van der Waals surface area contributed by atoms with Gasteiger partial charge >= 0.3 is 0 Å². The molecule has 7 heavy (non-hydrogen) atoms. The van der Waals surface area contributed by atoms with E-state index in [-0.39, 0.29) is 5.38 Å². The molecule has 1 heteroatoms. The van der Waals surface area contributed by atoms with Gasteiger partial charge in [0.25, 0.3) is 0 Å². The number of terminal acetylenes is 1. The quantitative estimate of drug-likeness (QED) is 0.359. The Morgan fingerprint density at radius 1 is 1.71 bits per heavy atom. The topological polar surface area (TPSA) is 0 Å². The smallest absolute Gasteiger partial charge is 0.0968 e. The van der Waals surface area contributed by atoms with Gasteiger partial charge in [0.05, 0.1) is 5.38 Å². The minimum Gasteiger partial charge on any atom is -0.119 e. The predicted octanol–water partition coefficient (Wildman–Crippen LogP) is 1.64. The summed E-state index contributed by atoms with van der Waals surface area (Å²) in [5, 5.41) is 0.0139. The van der Waals surface area contributed by atoms with Gasteiger partial charge in [-0.05, 0) is 18.8 Å². The molecule has 0 N–H and O–H groups in total. The van der Waals surface area contributed by atoms with Crippen molar-refractivity contribution >= 4 is 11.6 Å². The van der Waals surface area contributed by atoms with Crippen LogP contribution < -0.4 is 0 Å². The Kier molecular flexibility index (Phi) is 1.25. The van der Waals surface area contributed by atoms with Crippen LogP contribution in [0.3, 0.4) is 0 Å². The van der Waals surface area contributed by atoms with Crippen molar-refractivity contribution in [2.45, 2.75) is 18.2 Å². The van der Waals surface area contributed by atoms with Crippen LogP contribution in [0.25, 0.3) is 0 Å². The van der Waals surface area contributed by atoms with Crippen LogP contribution >= 0.6 is 11.6 Å². The van der Waals surface area contributed by atoms with E-state index in [0.29, 0.717) is 5.92 Å². The molecule has 1 rings (SSSR count). The Labute approximate surface area is 48.9 Å². The van der Waals surface area contributed by atoms with Gasteiger partial charge in [0.2, 0.25) is 0 Å². The summed E-state index contributed by atoms with van der Waals surface area (Å²) in [5.74, 6) is 3.14. The van der Waals surface area contributed by atoms with Crippen LogP contribution in [-0.2, 0) is 0 Å². The minimum absolute atomic E-state index is 0.0139. The Bertz CT molecular complexity index is 97.2. The highest BCUT2D eigenvalue weighted by molar-refractivity contribution is 6.22. The third kappa shape index (κ3) is 1.11. The third-order valence-electron chi connectivity index (χ3n) is 1.20. The molecule has 0 radical (unpaired) electrons. The first-order valence-electron chi connectivity index (χ1n) is 2.45.